The van der Waals surface area contributed by atoms with Crippen molar-refractivity contribution < 1.29 is 0 Å². The molecule has 0 amide bonds. The Morgan fingerprint density at radius 3 is 0.744 bits per heavy atom. The number of hydrogen-bond acceptors (Lipinski definition) is 1. The summed E-state index contributed by atoms with van der Waals surface area (Å²) in [5.41, 5.74) is 0.923. The maximum Gasteiger partial charge on any atom is 0.0809 e. The minimum atomic E-state index is -0.0706. The molecule has 0 unspecified atom stereocenters. The Bertz CT molecular complexity index is 1420. The summed E-state index contributed by atoms with van der Waals surface area (Å²) in [7, 11) is 0. The molecule has 0 fully saturated rings. The second kappa shape index (κ2) is 12.6. The van der Waals surface area contributed by atoms with Gasteiger partial charge in [0.1, 0.15) is 0 Å². The van der Waals surface area contributed by atoms with Gasteiger partial charge in [0.2, 0.25) is 0 Å². The van der Waals surface area contributed by atoms with Crippen molar-refractivity contribution in [2.24, 2.45) is 0 Å². The Hall–Kier alpha value is 1.16. The monoisotopic (exact) mass is 817 g/mol. The summed E-state index contributed by atoms with van der Waals surface area (Å²) >= 11 is 95.9. The third-order valence-electron chi connectivity index (χ3n) is 5.26. The van der Waals surface area contributed by atoms with Crippen molar-refractivity contribution in [3.05, 3.63) is 87.5 Å². The molecule has 3 aromatic carbocycles. The highest BCUT2D eigenvalue weighted by Crippen LogP contribution is 2.53. The molecule has 0 bridgehead atoms. The smallest absolute Gasteiger partial charge is 0.0809 e. The van der Waals surface area contributed by atoms with E-state index in [1.807, 2.05) is 0 Å². The minimum Gasteiger partial charge on any atom is -0.248 e. The fourth-order valence-corrected chi connectivity index (χ4v) is 7.47. The lowest BCUT2D eigenvalue weighted by Gasteiger charge is -2.18. The van der Waals surface area contributed by atoms with Gasteiger partial charge in [-0.1, -0.05) is 174 Å². The van der Waals surface area contributed by atoms with Gasteiger partial charge in [-0.3, -0.25) is 0 Å². The average Bonchev–Trinajstić information content (AvgIpc) is 2.91. The van der Waals surface area contributed by atoms with E-state index in [4.69, 9.17) is 174 Å². The molecule has 0 radical (unpaired) electrons. The predicted molar refractivity (Wildman–Crippen MR) is 176 cm³/mol. The zero-order valence-electron chi connectivity index (χ0n) is 17.8. The molecule has 0 saturated carbocycles. The van der Waals surface area contributed by atoms with E-state index >= 15 is 0 Å². The van der Waals surface area contributed by atoms with E-state index in [1.165, 1.54) is 12.1 Å². The SMILES string of the molecule is Clc1c(Cl)c(Cl)c(-c2cc(-c3c(Cl)c(Cl)c(Cl)c(Cl)c3Cl)nc(-c3c(Cl)c(Cl)c(Cl)c(Cl)c3Cl)c2)c(Cl)c1Cl. The normalized spacial score (nSPS) is 11.5. The molecule has 16 heteroatoms. The highest BCUT2D eigenvalue weighted by molar-refractivity contribution is 6.59. The first-order valence-electron chi connectivity index (χ1n) is 9.69. The first-order chi connectivity index (χ1) is 18.1. The summed E-state index contributed by atoms with van der Waals surface area (Å²) in [4.78, 5) is 4.65. The van der Waals surface area contributed by atoms with Crippen molar-refractivity contribution in [2.75, 3.05) is 0 Å². The van der Waals surface area contributed by atoms with Gasteiger partial charge >= 0.3 is 0 Å². The van der Waals surface area contributed by atoms with E-state index < -0.39 is 0 Å². The Morgan fingerprint density at radius 2 is 0.487 bits per heavy atom. The topological polar surface area (TPSA) is 12.9 Å². The van der Waals surface area contributed by atoms with E-state index in [1.54, 1.807) is 0 Å². The Morgan fingerprint density at radius 1 is 0.282 bits per heavy atom. The van der Waals surface area contributed by atoms with Crippen LogP contribution in [0.1, 0.15) is 0 Å². The highest BCUT2D eigenvalue weighted by atomic mass is 35.5. The van der Waals surface area contributed by atoms with E-state index in [0.29, 0.717) is 5.56 Å². The molecule has 0 aliphatic heterocycles. The summed E-state index contributed by atoms with van der Waals surface area (Å²) < 4.78 is 0. The molecule has 39 heavy (non-hydrogen) atoms. The zero-order chi connectivity index (χ0) is 29.2. The molecule has 0 N–H and O–H groups in total. The largest absolute Gasteiger partial charge is 0.248 e. The summed E-state index contributed by atoms with van der Waals surface area (Å²) in [6, 6.07) is 3.04. The molecule has 1 heterocycles. The van der Waals surface area contributed by atoms with Crippen LogP contribution in [0.3, 0.4) is 0 Å². The zero-order valence-corrected chi connectivity index (χ0v) is 29.1. The molecule has 0 aliphatic rings. The van der Waals surface area contributed by atoms with Crippen LogP contribution < -0.4 is 0 Å². The number of aromatic nitrogens is 1. The number of pyridine rings is 1. The first kappa shape index (κ1) is 33.1. The van der Waals surface area contributed by atoms with Crippen molar-refractivity contribution in [3.8, 4) is 33.6 Å². The van der Waals surface area contributed by atoms with Crippen molar-refractivity contribution >= 4 is 174 Å². The van der Waals surface area contributed by atoms with E-state index in [0.717, 1.165) is 0 Å². The maximum absolute atomic E-state index is 6.57. The molecule has 4 aromatic rings. The molecule has 0 saturated heterocycles. The summed E-state index contributed by atoms with van der Waals surface area (Å²) in [6.45, 7) is 0. The lowest BCUT2D eigenvalue weighted by molar-refractivity contribution is 1.32. The van der Waals surface area contributed by atoms with Crippen LogP contribution in [0.5, 0.6) is 0 Å². The van der Waals surface area contributed by atoms with Crippen LogP contribution in [-0.2, 0) is 0 Å². The number of nitrogens with zero attached hydrogens (tertiary/aromatic N) is 1. The van der Waals surface area contributed by atoms with Gasteiger partial charge in [-0.05, 0) is 17.7 Å². The average molecular weight is 824 g/mol. The first-order valence-corrected chi connectivity index (χ1v) is 15.4. The van der Waals surface area contributed by atoms with Crippen molar-refractivity contribution in [1.29, 1.82) is 0 Å². The van der Waals surface area contributed by atoms with Gasteiger partial charge in [0.05, 0.1) is 86.7 Å². The third-order valence-corrected chi connectivity index (χ3v) is 12.1. The van der Waals surface area contributed by atoms with Crippen LogP contribution in [0.25, 0.3) is 33.6 Å². The summed E-state index contributed by atoms with van der Waals surface area (Å²) in [5.74, 6) is 0. The fraction of sp³-hybridized carbons (Fsp3) is 0. The van der Waals surface area contributed by atoms with Gasteiger partial charge in [0, 0.05) is 16.7 Å². The molecule has 0 aliphatic carbocycles. The third kappa shape index (κ3) is 5.73. The minimum absolute atomic E-state index is 0.0205. The van der Waals surface area contributed by atoms with Gasteiger partial charge in [-0.2, -0.15) is 0 Å². The van der Waals surface area contributed by atoms with E-state index in [2.05, 4.69) is 4.98 Å². The standard InChI is InChI=1S/C23H2Cl15N/c24-9-6(10(25)16(31)21(36)15(9)30)3-1-4(7-11(26)17(32)22(37)18(33)12(7)27)39-5(2-3)8-13(28)19(34)23(38)20(35)14(8)29/h1-2H. The molecule has 1 nitrogen and oxygen atoms in total. The van der Waals surface area contributed by atoms with Crippen LogP contribution in [0.4, 0.5) is 0 Å². The highest BCUT2D eigenvalue weighted by Gasteiger charge is 2.27. The molecule has 1 aromatic heterocycles. The lowest BCUT2D eigenvalue weighted by atomic mass is 9.99. The molecule has 204 valence electrons. The van der Waals surface area contributed by atoms with Crippen LogP contribution in [0, 0.1) is 0 Å². The lowest BCUT2D eigenvalue weighted by Crippen LogP contribution is -1.97. The molecule has 0 spiro atoms. The second-order valence-electron chi connectivity index (χ2n) is 7.46. The van der Waals surface area contributed by atoms with Gasteiger partial charge in [0.15, 0.2) is 0 Å². The Balaban J connectivity index is 2.22. The number of halogens is 15. The van der Waals surface area contributed by atoms with Gasteiger partial charge in [-0.25, -0.2) is 4.98 Å². The van der Waals surface area contributed by atoms with Gasteiger partial charge in [0.25, 0.3) is 0 Å². The molecule has 0 atom stereocenters. The van der Waals surface area contributed by atoms with Crippen LogP contribution >= 0.6 is 174 Å². The van der Waals surface area contributed by atoms with Crippen LogP contribution in [-0.4, -0.2) is 4.98 Å². The summed E-state index contributed by atoms with van der Waals surface area (Å²) in [6.07, 6.45) is 0. The van der Waals surface area contributed by atoms with E-state index in [-0.39, 0.29) is 103 Å². The van der Waals surface area contributed by atoms with Gasteiger partial charge in [-0.15, -0.1) is 0 Å². The number of benzene rings is 3. The molecular formula is C23H2Cl15N. The fourth-order valence-electron chi connectivity index (χ4n) is 3.45. The van der Waals surface area contributed by atoms with Gasteiger partial charge < -0.3 is 0 Å². The van der Waals surface area contributed by atoms with E-state index in [9.17, 15) is 0 Å². The van der Waals surface area contributed by atoms with Crippen LogP contribution in [0.15, 0.2) is 12.1 Å². The predicted octanol–water partition coefficient (Wildman–Crippen LogP) is 15.9. The maximum atomic E-state index is 6.57. The Kier molecular flexibility index (Phi) is 10.7. The summed E-state index contributed by atoms with van der Waals surface area (Å²) in [5, 5.41) is -0.806. The molecule has 4 rings (SSSR count). The second-order valence-corrected chi connectivity index (χ2v) is 13.1. The van der Waals surface area contributed by atoms with Crippen molar-refractivity contribution in [3.63, 3.8) is 0 Å². The van der Waals surface area contributed by atoms with Crippen LogP contribution in [0.2, 0.25) is 75.3 Å². The molecular weight excluding hydrogens is 822 g/mol. The Labute approximate surface area is 296 Å². The number of hydrogen-bond donors (Lipinski definition) is 0. The quantitative estimate of drug-likeness (QED) is 0.148. The van der Waals surface area contributed by atoms with Crippen molar-refractivity contribution in [2.45, 2.75) is 0 Å². The van der Waals surface area contributed by atoms with Crippen molar-refractivity contribution in [1.82, 2.24) is 4.98 Å². The number of rotatable bonds is 3.